The minimum absolute atomic E-state index is 0.0303. The molecule has 0 spiro atoms. The van der Waals surface area contributed by atoms with Gasteiger partial charge >= 0.3 is 0 Å². The van der Waals surface area contributed by atoms with Crippen molar-refractivity contribution in [3.05, 3.63) is 35.9 Å². The van der Waals surface area contributed by atoms with Gasteiger partial charge in [-0.2, -0.15) is 0 Å². The number of rotatable bonds is 8. The van der Waals surface area contributed by atoms with Gasteiger partial charge in [-0.15, -0.1) is 0 Å². The third kappa shape index (κ3) is 4.19. The molecule has 0 fully saturated rings. The maximum Gasteiger partial charge on any atom is 0.233 e. The van der Waals surface area contributed by atoms with E-state index in [-0.39, 0.29) is 11.7 Å². The van der Waals surface area contributed by atoms with Gasteiger partial charge < -0.3 is 4.90 Å². The van der Waals surface area contributed by atoms with Crippen molar-refractivity contribution < 1.29 is 9.59 Å². The van der Waals surface area contributed by atoms with E-state index in [0.29, 0.717) is 25.1 Å². The molecule has 3 nitrogen and oxygen atoms in total. The molecule has 1 unspecified atom stereocenters. The maximum absolute atomic E-state index is 12.6. The molecule has 20 heavy (non-hydrogen) atoms. The highest BCUT2D eigenvalue weighted by Crippen LogP contribution is 2.18. The molecule has 1 aromatic carbocycles. The summed E-state index contributed by atoms with van der Waals surface area (Å²) in [5.41, 5.74) is 0.633. The van der Waals surface area contributed by atoms with Crippen LogP contribution in [0.4, 0.5) is 0 Å². The zero-order valence-corrected chi connectivity index (χ0v) is 12.8. The molecule has 0 bridgehead atoms. The second-order valence-corrected chi connectivity index (χ2v) is 4.94. The first-order chi connectivity index (χ1) is 9.65. The van der Waals surface area contributed by atoms with E-state index in [2.05, 4.69) is 6.92 Å². The monoisotopic (exact) mass is 275 g/mol. The van der Waals surface area contributed by atoms with Crippen LogP contribution >= 0.6 is 0 Å². The van der Waals surface area contributed by atoms with Crippen LogP contribution in [0.15, 0.2) is 30.3 Å². The van der Waals surface area contributed by atoms with Crippen LogP contribution in [0.5, 0.6) is 0 Å². The number of hydrogen-bond donors (Lipinski definition) is 0. The average Bonchev–Trinajstić information content (AvgIpc) is 2.49. The van der Waals surface area contributed by atoms with Crippen molar-refractivity contribution in [2.24, 2.45) is 5.92 Å². The molecule has 0 saturated carbocycles. The van der Waals surface area contributed by atoms with Crippen LogP contribution in [0.3, 0.4) is 0 Å². The van der Waals surface area contributed by atoms with Crippen LogP contribution in [0.2, 0.25) is 0 Å². The lowest BCUT2D eigenvalue weighted by molar-refractivity contribution is -0.133. The van der Waals surface area contributed by atoms with Crippen LogP contribution in [0, 0.1) is 5.92 Å². The molecule has 1 rings (SSSR count). The third-order valence-corrected chi connectivity index (χ3v) is 3.59. The topological polar surface area (TPSA) is 37.4 Å². The van der Waals surface area contributed by atoms with Crippen molar-refractivity contribution in [1.29, 1.82) is 0 Å². The van der Waals surface area contributed by atoms with Crippen LogP contribution in [-0.4, -0.2) is 29.7 Å². The fraction of sp³-hybridized carbons (Fsp3) is 0.529. The van der Waals surface area contributed by atoms with Crippen molar-refractivity contribution in [2.45, 2.75) is 40.0 Å². The van der Waals surface area contributed by atoms with E-state index in [9.17, 15) is 9.59 Å². The standard InChI is InChI=1S/C17H25NO2/c1-4-7-13-15(17(20)18(5-2)6-3)16(19)14-11-9-8-10-12-14/h8-12,15H,4-7,13H2,1-3H3. The van der Waals surface area contributed by atoms with Crippen LogP contribution in [-0.2, 0) is 4.79 Å². The Morgan fingerprint density at radius 3 is 2.15 bits per heavy atom. The number of nitrogens with zero attached hydrogens (tertiary/aromatic N) is 1. The predicted octanol–water partition coefficient (Wildman–Crippen LogP) is 3.54. The van der Waals surface area contributed by atoms with Crippen molar-refractivity contribution in [3.63, 3.8) is 0 Å². The molecule has 3 heteroatoms. The van der Waals surface area contributed by atoms with E-state index in [1.165, 1.54) is 0 Å². The number of benzene rings is 1. The van der Waals surface area contributed by atoms with Gasteiger partial charge in [0.15, 0.2) is 5.78 Å². The molecule has 0 radical (unpaired) electrons. The zero-order chi connectivity index (χ0) is 15.0. The van der Waals surface area contributed by atoms with Crippen molar-refractivity contribution in [2.75, 3.05) is 13.1 Å². The summed E-state index contributed by atoms with van der Waals surface area (Å²) >= 11 is 0. The summed E-state index contributed by atoms with van der Waals surface area (Å²) in [6.45, 7) is 7.28. The summed E-state index contributed by atoms with van der Waals surface area (Å²) in [5.74, 6) is -0.606. The second kappa shape index (κ2) is 8.51. The van der Waals surface area contributed by atoms with E-state index in [4.69, 9.17) is 0 Å². The largest absolute Gasteiger partial charge is 0.343 e. The van der Waals surface area contributed by atoms with Gasteiger partial charge in [0.1, 0.15) is 5.92 Å². The summed E-state index contributed by atoms with van der Waals surface area (Å²) in [7, 11) is 0. The predicted molar refractivity (Wildman–Crippen MR) is 81.7 cm³/mol. The van der Waals surface area contributed by atoms with Gasteiger partial charge in [-0.25, -0.2) is 0 Å². The molecular formula is C17H25NO2. The smallest absolute Gasteiger partial charge is 0.233 e. The Morgan fingerprint density at radius 1 is 1.05 bits per heavy atom. The molecule has 0 heterocycles. The lowest BCUT2D eigenvalue weighted by Crippen LogP contribution is -2.39. The summed E-state index contributed by atoms with van der Waals surface area (Å²) in [5, 5.41) is 0. The number of hydrogen-bond acceptors (Lipinski definition) is 2. The van der Waals surface area contributed by atoms with Gasteiger partial charge in [-0.3, -0.25) is 9.59 Å². The number of carbonyl (C=O) groups is 2. The highest BCUT2D eigenvalue weighted by Gasteiger charge is 2.29. The van der Waals surface area contributed by atoms with Gasteiger partial charge in [0.05, 0.1) is 0 Å². The highest BCUT2D eigenvalue weighted by molar-refractivity contribution is 6.10. The first kappa shape index (κ1) is 16.4. The molecule has 0 aliphatic heterocycles. The second-order valence-electron chi connectivity index (χ2n) is 4.94. The molecule has 0 aromatic heterocycles. The van der Waals surface area contributed by atoms with E-state index >= 15 is 0 Å². The Bertz CT molecular complexity index is 424. The zero-order valence-electron chi connectivity index (χ0n) is 12.8. The number of unbranched alkanes of at least 4 members (excludes halogenated alkanes) is 1. The summed E-state index contributed by atoms with van der Waals surface area (Å²) in [6, 6.07) is 9.13. The fourth-order valence-corrected chi connectivity index (χ4v) is 2.33. The van der Waals surface area contributed by atoms with Gasteiger partial charge in [-0.05, 0) is 20.3 Å². The summed E-state index contributed by atoms with van der Waals surface area (Å²) in [6.07, 6.45) is 2.53. The maximum atomic E-state index is 12.6. The third-order valence-electron chi connectivity index (χ3n) is 3.59. The Morgan fingerprint density at radius 2 is 1.65 bits per heavy atom. The van der Waals surface area contributed by atoms with E-state index in [0.717, 1.165) is 12.8 Å². The fourth-order valence-electron chi connectivity index (χ4n) is 2.33. The van der Waals surface area contributed by atoms with E-state index < -0.39 is 5.92 Å². The van der Waals surface area contributed by atoms with Crippen molar-refractivity contribution in [3.8, 4) is 0 Å². The number of amides is 1. The van der Waals surface area contributed by atoms with Gasteiger partial charge in [0.2, 0.25) is 5.91 Å². The van der Waals surface area contributed by atoms with Gasteiger partial charge in [0, 0.05) is 18.7 Å². The van der Waals surface area contributed by atoms with Gasteiger partial charge in [0.25, 0.3) is 0 Å². The molecule has 0 saturated heterocycles. The SMILES string of the molecule is CCCCC(C(=O)c1ccccc1)C(=O)N(CC)CC. The normalized spacial score (nSPS) is 11.9. The number of ketones is 1. The quantitative estimate of drug-likeness (QED) is 0.537. The highest BCUT2D eigenvalue weighted by atomic mass is 16.2. The van der Waals surface area contributed by atoms with E-state index in [1.54, 1.807) is 17.0 Å². The van der Waals surface area contributed by atoms with Crippen LogP contribution < -0.4 is 0 Å². The molecule has 0 aliphatic carbocycles. The Labute approximate surface area is 122 Å². The molecule has 1 aromatic rings. The van der Waals surface area contributed by atoms with Crippen molar-refractivity contribution in [1.82, 2.24) is 4.90 Å². The summed E-state index contributed by atoms with van der Waals surface area (Å²) < 4.78 is 0. The lowest BCUT2D eigenvalue weighted by Gasteiger charge is -2.24. The Hall–Kier alpha value is -1.64. The minimum atomic E-state index is -0.530. The van der Waals surface area contributed by atoms with Crippen LogP contribution in [0.1, 0.15) is 50.4 Å². The van der Waals surface area contributed by atoms with Crippen LogP contribution in [0.25, 0.3) is 0 Å². The lowest BCUT2D eigenvalue weighted by atomic mass is 9.91. The first-order valence-electron chi connectivity index (χ1n) is 7.53. The molecule has 0 aliphatic rings. The molecule has 1 amide bonds. The first-order valence-corrected chi connectivity index (χ1v) is 7.53. The minimum Gasteiger partial charge on any atom is -0.343 e. The Kier molecular flexibility index (Phi) is 6.99. The average molecular weight is 275 g/mol. The number of Topliss-reactive ketones (excluding diaryl/α,β-unsaturated/α-hetero) is 1. The molecule has 110 valence electrons. The molecular weight excluding hydrogens is 250 g/mol. The number of carbonyl (C=O) groups excluding carboxylic acids is 2. The summed E-state index contributed by atoms with van der Waals surface area (Å²) in [4.78, 5) is 26.9. The van der Waals surface area contributed by atoms with E-state index in [1.807, 2.05) is 32.0 Å². The van der Waals surface area contributed by atoms with Crippen molar-refractivity contribution >= 4 is 11.7 Å². The molecule has 0 N–H and O–H groups in total. The molecule has 1 atom stereocenters. The Balaban J connectivity index is 2.94. The van der Waals surface area contributed by atoms with Gasteiger partial charge in [-0.1, -0.05) is 50.1 Å².